The van der Waals surface area contributed by atoms with E-state index in [0.29, 0.717) is 0 Å². The second kappa shape index (κ2) is 6.84. The van der Waals surface area contributed by atoms with Crippen molar-refractivity contribution < 1.29 is 0 Å². The predicted molar refractivity (Wildman–Crippen MR) is 75.8 cm³/mol. The molecular formula is C13H23N3S. The van der Waals surface area contributed by atoms with Crippen molar-refractivity contribution in [3.8, 4) is 0 Å². The van der Waals surface area contributed by atoms with E-state index in [1.54, 1.807) is 11.8 Å². The van der Waals surface area contributed by atoms with Crippen molar-refractivity contribution in [2.75, 3.05) is 18.1 Å². The lowest BCUT2D eigenvalue weighted by Crippen LogP contribution is -2.10. The smallest absolute Gasteiger partial charge is 0.189 e. The van der Waals surface area contributed by atoms with Gasteiger partial charge in [-0.3, -0.25) is 0 Å². The normalized spacial score (nSPS) is 12.5. The molecule has 0 fully saturated rings. The van der Waals surface area contributed by atoms with Crippen LogP contribution in [0.25, 0.3) is 0 Å². The Morgan fingerprint density at radius 2 is 2.00 bits per heavy atom. The van der Waals surface area contributed by atoms with Crippen molar-refractivity contribution in [1.82, 2.24) is 9.97 Å². The van der Waals surface area contributed by atoms with Gasteiger partial charge in [0.25, 0.3) is 0 Å². The number of thioether (sulfide) groups is 1. The fourth-order valence-corrected chi connectivity index (χ4v) is 1.92. The number of anilines is 1. The van der Waals surface area contributed by atoms with Crippen molar-refractivity contribution in [2.45, 2.75) is 45.7 Å². The third-order valence-corrected chi connectivity index (χ3v) is 3.73. The largest absolute Gasteiger partial charge is 0.370 e. The Hall–Kier alpha value is -0.770. The summed E-state index contributed by atoms with van der Waals surface area (Å²) in [5.74, 6) is 1.76. The maximum atomic E-state index is 4.52. The van der Waals surface area contributed by atoms with Crippen molar-refractivity contribution >= 4 is 17.6 Å². The van der Waals surface area contributed by atoms with Crippen LogP contribution in [0.5, 0.6) is 0 Å². The fraction of sp³-hybridized carbons (Fsp3) is 0.692. The molecule has 1 aromatic heterocycles. The molecule has 1 rings (SSSR count). The highest BCUT2D eigenvalue weighted by Crippen LogP contribution is 2.19. The third kappa shape index (κ3) is 4.19. The minimum absolute atomic E-state index is 0.769. The summed E-state index contributed by atoms with van der Waals surface area (Å²) in [6.45, 7) is 9.62. The molecule has 1 N–H and O–H groups in total. The Balaban J connectivity index is 2.66. The van der Waals surface area contributed by atoms with Gasteiger partial charge in [-0.15, -0.1) is 0 Å². The number of aryl methyl sites for hydroxylation is 1. The van der Waals surface area contributed by atoms with Crippen molar-refractivity contribution in [3.05, 3.63) is 11.3 Å². The van der Waals surface area contributed by atoms with E-state index in [1.807, 2.05) is 13.2 Å². The molecule has 1 atom stereocenters. The van der Waals surface area contributed by atoms with Crippen LogP contribution in [0.3, 0.4) is 0 Å². The molecule has 0 aromatic carbocycles. The van der Waals surface area contributed by atoms with Gasteiger partial charge in [0, 0.05) is 17.8 Å². The van der Waals surface area contributed by atoms with E-state index < -0.39 is 0 Å². The predicted octanol–water partition coefficient (Wildman–Crippen LogP) is 3.66. The molecule has 0 aliphatic rings. The molecule has 1 aromatic rings. The van der Waals surface area contributed by atoms with Crippen molar-refractivity contribution in [3.63, 3.8) is 0 Å². The molecule has 0 saturated heterocycles. The summed E-state index contributed by atoms with van der Waals surface area (Å²) < 4.78 is 0. The second-order valence-electron chi connectivity index (χ2n) is 4.50. The maximum absolute atomic E-state index is 4.52. The average Bonchev–Trinajstić information content (AvgIpc) is 2.33. The van der Waals surface area contributed by atoms with Gasteiger partial charge in [-0.05, 0) is 32.4 Å². The molecule has 0 radical (unpaired) electrons. The van der Waals surface area contributed by atoms with Crippen molar-refractivity contribution in [1.29, 1.82) is 0 Å². The van der Waals surface area contributed by atoms with Gasteiger partial charge in [0.15, 0.2) is 5.16 Å². The van der Waals surface area contributed by atoms with Crippen LogP contribution < -0.4 is 5.32 Å². The highest BCUT2D eigenvalue weighted by molar-refractivity contribution is 7.98. The van der Waals surface area contributed by atoms with Crippen LogP contribution in [-0.2, 0) is 0 Å². The lowest BCUT2D eigenvalue weighted by atomic mass is 10.1. The molecule has 0 amide bonds. The molecule has 0 spiro atoms. The number of nitrogens with zero attached hydrogens (tertiary/aromatic N) is 2. The number of nitrogens with one attached hydrogen (secondary N) is 1. The molecule has 0 aliphatic heterocycles. The Labute approximate surface area is 109 Å². The number of hydrogen-bond acceptors (Lipinski definition) is 4. The van der Waals surface area contributed by atoms with Crippen LogP contribution in [0.2, 0.25) is 0 Å². The van der Waals surface area contributed by atoms with Gasteiger partial charge in [0.1, 0.15) is 5.82 Å². The zero-order valence-corrected chi connectivity index (χ0v) is 12.3. The van der Waals surface area contributed by atoms with Crippen LogP contribution in [0.1, 0.15) is 37.9 Å². The zero-order chi connectivity index (χ0) is 12.8. The highest BCUT2D eigenvalue weighted by Gasteiger charge is 2.07. The first-order valence-electron chi connectivity index (χ1n) is 6.21. The van der Waals surface area contributed by atoms with E-state index in [0.717, 1.165) is 34.7 Å². The third-order valence-electron chi connectivity index (χ3n) is 3.18. The molecule has 0 saturated carbocycles. The highest BCUT2D eigenvalue weighted by atomic mass is 32.2. The Bertz CT molecular complexity index is 366. The Morgan fingerprint density at radius 1 is 1.29 bits per heavy atom. The maximum Gasteiger partial charge on any atom is 0.189 e. The zero-order valence-electron chi connectivity index (χ0n) is 11.5. The summed E-state index contributed by atoms with van der Waals surface area (Å²) in [5.41, 5.74) is 2.22. The SMILES string of the molecule is CCC(C)CCNc1nc(SC)nc(C)c1C. The summed E-state index contributed by atoms with van der Waals surface area (Å²) >= 11 is 1.59. The van der Waals surface area contributed by atoms with E-state index in [9.17, 15) is 0 Å². The lowest BCUT2D eigenvalue weighted by Gasteiger charge is -2.13. The van der Waals surface area contributed by atoms with E-state index in [1.165, 1.54) is 12.8 Å². The van der Waals surface area contributed by atoms with E-state index in [-0.39, 0.29) is 0 Å². The van der Waals surface area contributed by atoms with Gasteiger partial charge in [-0.2, -0.15) is 0 Å². The van der Waals surface area contributed by atoms with Crippen LogP contribution in [0.15, 0.2) is 5.16 Å². The van der Waals surface area contributed by atoms with Crippen LogP contribution in [0, 0.1) is 19.8 Å². The molecule has 1 unspecified atom stereocenters. The Kier molecular flexibility index (Phi) is 5.75. The van der Waals surface area contributed by atoms with E-state index >= 15 is 0 Å². The van der Waals surface area contributed by atoms with Gasteiger partial charge < -0.3 is 5.32 Å². The summed E-state index contributed by atoms with van der Waals surface area (Å²) in [6.07, 6.45) is 4.43. The van der Waals surface area contributed by atoms with Crippen molar-refractivity contribution in [2.24, 2.45) is 5.92 Å². The van der Waals surface area contributed by atoms with Gasteiger partial charge in [-0.25, -0.2) is 9.97 Å². The van der Waals surface area contributed by atoms with E-state index in [4.69, 9.17) is 0 Å². The van der Waals surface area contributed by atoms with Gasteiger partial charge in [0.05, 0.1) is 0 Å². The molecule has 17 heavy (non-hydrogen) atoms. The molecule has 3 nitrogen and oxygen atoms in total. The minimum atomic E-state index is 0.769. The standard InChI is InChI=1S/C13H23N3S/c1-6-9(2)7-8-14-12-10(3)11(4)15-13(16-12)17-5/h9H,6-8H2,1-5H3,(H,14,15,16). The lowest BCUT2D eigenvalue weighted by molar-refractivity contribution is 0.531. The molecule has 0 aliphatic carbocycles. The number of aromatic nitrogens is 2. The molecular weight excluding hydrogens is 230 g/mol. The molecule has 0 bridgehead atoms. The first-order valence-corrected chi connectivity index (χ1v) is 7.44. The Morgan fingerprint density at radius 3 is 2.59 bits per heavy atom. The molecule has 1 heterocycles. The minimum Gasteiger partial charge on any atom is -0.370 e. The summed E-state index contributed by atoms with van der Waals surface area (Å²) in [6, 6.07) is 0. The number of hydrogen-bond donors (Lipinski definition) is 1. The first-order chi connectivity index (χ1) is 8.08. The van der Waals surface area contributed by atoms with Crippen LogP contribution in [0.4, 0.5) is 5.82 Å². The summed E-state index contributed by atoms with van der Waals surface area (Å²) in [4.78, 5) is 8.94. The first kappa shape index (κ1) is 14.3. The quantitative estimate of drug-likeness (QED) is 0.620. The fourth-order valence-electron chi connectivity index (χ4n) is 1.51. The molecule has 96 valence electrons. The summed E-state index contributed by atoms with van der Waals surface area (Å²) in [7, 11) is 0. The van der Waals surface area contributed by atoms with E-state index in [2.05, 4.69) is 36.1 Å². The van der Waals surface area contributed by atoms with Gasteiger partial charge >= 0.3 is 0 Å². The second-order valence-corrected chi connectivity index (χ2v) is 5.27. The monoisotopic (exact) mass is 253 g/mol. The molecule has 4 heteroatoms. The summed E-state index contributed by atoms with van der Waals surface area (Å²) in [5, 5.41) is 4.28. The van der Waals surface area contributed by atoms with Crippen LogP contribution in [-0.4, -0.2) is 22.8 Å². The topological polar surface area (TPSA) is 37.8 Å². The number of rotatable bonds is 6. The average molecular weight is 253 g/mol. The van der Waals surface area contributed by atoms with Crippen LogP contribution >= 0.6 is 11.8 Å². The van der Waals surface area contributed by atoms with Gasteiger partial charge in [-0.1, -0.05) is 32.0 Å². The van der Waals surface area contributed by atoms with Gasteiger partial charge in [0.2, 0.25) is 0 Å².